The lowest BCUT2D eigenvalue weighted by Gasteiger charge is -2.59. The average molecular weight is 415 g/mol. The van der Waals surface area contributed by atoms with Crippen molar-refractivity contribution in [3.8, 4) is 11.5 Å². The Labute approximate surface area is 183 Å². The summed E-state index contributed by atoms with van der Waals surface area (Å²) in [4.78, 5) is 0. The molecule has 0 heterocycles. The van der Waals surface area contributed by atoms with Crippen LogP contribution in [-0.2, 0) is 5.41 Å². The number of benzene rings is 1. The third kappa shape index (κ3) is 4.02. The van der Waals surface area contributed by atoms with E-state index in [1.807, 2.05) is 0 Å². The Morgan fingerprint density at radius 1 is 1.07 bits per heavy atom. The number of aliphatic hydroxyl groups is 1. The zero-order chi connectivity index (χ0) is 22.1. The van der Waals surface area contributed by atoms with Gasteiger partial charge in [0.25, 0.3) is 0 Å². The molecule has 3 aliphatic carbocycles. The van der Waals surface area contributed by atoms with E-state index in [0.717, 1.165) is 29.9 Å². The molecule has 4 rings (SSSR count). The largest absolute Gasteiger partial charge is 0.496 e. The molecule has 1 saturated carbocycles. The first kappa shape index (κ1) is 23.2. The van der Waals surface area contributed by atoms with Gasteiger partial charge < -0.3 is 14.6 Å². The van der Waals surface area contributed by atoms with Crippen LogP contribution in [0.3, 0.4) is 0 Å². The SMILES string of the molecule is CCCCCCC(C)(C)c1cc(OC)c([C@H]2C=C(CO)C3C[C@@H]2C3(C)C)c(OC)c1. The molecule has 0 aromatic heterocycles. The molecule has 0 spiro atoms. The Hall–Kier alpha value is -1.48. The van der Waals surface area contributed by atoms with Crippen LogP contribution in [0.15, 0.2) is 23.8 Å². The van der Waals surface area contributed by atoms with E-state index in [9.17, 15) is 5.11 Å². The summed E-state index contributed by atoms with van der Waals surface area (Å²) in [6.07, 6.45) is 9.70. The lowest BCUT2D eigenvalue weighted by molar-refractivity contribution is -0.0260. The molecule has 0 amide bonds. The highest BCUT2D eigenvalue weighted by atomic mass is 16.5. The highest BCUT2D eigenvalue weighted by Gasteiger charge is 2.56. The van der Waals surface area contributed by atoms with Gasteiger partial charge in [0, 0.05) is 11.5 Å². The van der Waals surface area contributed by atoms with E-state index >= 15 is 0 Å². The molecule has 3 atom stereocenters. The summed E-state index contributed by atoms with van der Waals surface area (Å²) in [6, 6.07) is 4.48. The van der Waals surface area contributed by atoms with E-state index in [1.54, 1.807) is 14.2 Å². The maximum atomic E-state index is 9.98. The van der Waals surface area contributed by atoms with Gasteiger partial charge in [-0.1, -0.05) is 66.4 Å². The second-order valence-corrected chi connectivity index (χ2v) is 10.6. The minimum Gasteiger partial charge on any atom is -0.496 e. The van der Waals surface area contributed by atoms with Crippen LogP contribution in [0.2, 0.25) is 0 Å². The van der Waals surface area contributed by atoms with E-state index in [-0.39, 0.29) is 23.4 Å². The zero-order valence-electron chi connectivity index (χ0n) is 20.2. The van der Waals surface area contributed by atoms with Crippen molar-refractivity contribution in [3.63, 3.8) is 0 Å². The van der Waals surface area contributed by atoms with Crippen LogP contribution in [0.5, 0.6) is 11.5 Å². The predicted octanol–water partition coefficient (Wildman–Crippen LogP) is 6.63. The first-order valence-electron chi connectivity index (χ1n) is 11.8. The van der Waals surface area contributed by atoms with Gasteiger partial charge in [0.05, 0.1) is 20.8 Å². The standard InChI is InChI=1S/C27H42O3/c1-8-9-10-11-12-26(2,3)19-14-23(29-6)25(24(15-19)30-7)20-13-18(17-28)21-16-22(20)27(21,4)5/h13-15,20-22,28H,8-12,16-17H2,1-7H3/t20-,21?,22-/m0/s1. The van der Waals surface area contributed by atoms with Gasteiger partial charge >= 0.3 is 0 Å². The minimum atomic E-state index is 0.0757. The van der Waals surface area contributed by atoms with Crippen LogP contribution in [0, 0.1) is 17.3 Å². The molecule has 1 unspecified atom stereocenters. The third-order valence-corrected chi connectivity index (χ3v) is 8.11. The van der Waals surface area contributed by atoms with E-state index in [4.69, 9.17) is 9.47 Å². The van der Waals surface area contributed by atoms with Gasteiger partial charge in [-0.15, -0.1) is 0 Å². The van der Waals surface area contributed by atoms with Crippen molar-refractivity contribution in [1.82, 2.24) is 0 Å². The number of hydrogen-bond donors (Lipinski definition) is 1. The molecule has 2 bridgehead atoms. The lowest BCUT2D eigenvalue weighted by Crippen LogP contribution is -2.51. The lowest BCUT2D eigenvalue weighted by atomic mass is 9.45. The number of fused-ring (bicyclic) bond motifs is 1. The molecule has 30 heavy (non-hydrogen) atoms. The van der Waals surface area contributed by atoms with E-state index in [2.05, 4.69) is 52.8 Å². The first-order valence-corrected chi connectivity index (χ1v) is 11.8. The summed E-state index contributed by atoms with van der Waals surface area (Å²) in [7, 11) is 3.54. The second-order valence-electron chi connectivity index (χ2n) is 10.6. The summed E-state index contributed by atoms with van der Waals surface area (Å²) in [5.41, 5.74) is 3.88. The van der Waals surface area contributed by atoms with Crippen molar-refractivity contribution in [2.75, 3.05) is 20.8 Å². The summed E-state index contributed by atoms with van der Waals surface area (Å²) in [5.74, 6) is 3.12. The Morgan fingerprint density at radius 2 is 1.70 bits per heavy atom. The van der Waals surface area contributed by atoms with E-state index in [1.165, 1.54) is 36.8 Å². The Balaban J connectivity index is 1.99. The molecular weight excluding hydrogens is 372 g/mol. The Bertz CT molecular complexity index is 749. The molecule has 3 aliphatic rings. The molecule has 1 aromatic rings. The molecule has 1 fully saturated rings. The number of aliphatic hydroxyl groups excluding tert-OH is 1. The van der Waals surface area contributed by atoms with Crippen molar-refractivity contribution in [3.05, 3.63) is 34.9 Å². The zero-order valence-corrected chi connectivity index (χ0v) is 20.2. The summed E-state index contributed by atoms with van der Waals surface area (Å²) >= 11 is 0. The number of hydrogen-bond acceptors (Lipinski definition) is 3. The van der Waals surface area contributed by atoms with Crippen molar-refractivity contribution in [2.24, 2.45) is 17.3 Å². The van der Waals surface area contributed by atoms with Crippen molar-refractivity contribution >= 4 is 0 Å². The van der Waals surface area contributed by atoms with Crippen LogP contribution in [0.1, 0.15) is 90.2 Å². The monoisotopic (exact) mass is 414 g/mol. The van der Waals surface area contributed by atoms with Crippen LogP contribution >= 0.6 is 0 Å². The van der Waals surface area contributed by atoms with Gasteiger partial charge in [-0.05, 0) is 58.8 Å². The van der Waals surface area contributed by atoms with Gasteiger partial charge in [0.2, 0.25) is 0 Å². The van der Waals surface area contributed by atoms with Gasteiger partial charge in [0.15, 0.2) is 0 Å². The van der Waals surface area contributed by atoms with Gasteiger partial charge in [-0.3, -0.25) is 0 Å². The number of allylic oxidation sites excluding steroid dienone is 1. The number of unbranched alkanes of at least 4 members (excludes halogenated alkanes) is 3. The van der Waals surface area contributed by atoms with Gasteiger partial charge in [-0.25, -0.2) is 0 Å². The quantitative estimate of drug-likeness (QED) is 0.345. The molecule has 0 saturated heterocycles. The molecule has 0 radical (unpaired) electrons. The minimum absolute atomic E-state index is 0.0757. The maximum Gasteiger partial charge on any atom is 0.126 e. The summed E-state index contributed by atoms with van der Waals surface area (Å²) in [6.45, 7) is 11.7. The van der Waals surface area contributed by atoms with Crippen LogP contribution < -0.4 is 9.47 Å². The molecule has 1 N–H and O–H groups in total. The summed E-state index contributed by atoms with van der Waals surface area (Å²) < 4.78 is 11.9. The number of ether oxygens (including phenoxy) is 2. The Kier molecular flexibility index (Phi) is 6.91. The van der Waals surface area contributed by atoms with E-state index < -0.39 is 0 Å². The second kappa shape index (κ2) is 8.94. The van der Waals surface area contributed by atoms with E-state index in [0.29, 0.717) is 11.8 Å². The smallest absolute Gasteiger partial charge is 0.126 e. The molecule has 168 valence electrons. The first-order chi connectivity index (χ1) is 14.2. The molecule has 1 aromatic carbocycles. The van der Waals surface area contributed by atoms with Gasteiger partial charge in [0.1, 0.15) is 11.5 Å². The van der Waals surface area contributed by atoms with Gasteiger partial charge in [-0.2, -0.15) is 0 Å². The molecule has 0 aliphatic heterocycles. The topological polar surface area (TPSA) is 38.7 Å². The van der Waals surface area contributed by atoms with Crippen molar-refractivity contribution in [2.45, 2.75) is 84.5 Å². The maximum absolute atomic E-state index is 9.98. The number of rotatable bonds is 10. The molecular formula is C27H42O3. The van der Waals surface area contributed by atoms with Crippen molar-refractivity contribution in [1.29, 1.82) is 0 Å². The van der Waals surface area contributed by atoms with Crippen LogP contribution in [-0.4, -0.2) is 25.9 Å². The average Bonchev–Trinajstić information content (AvgIpc) is 2.74. The third-order valence-electron chi connectivity index (χ3n) is 8.11. The fraction of sp³-hybridized carbons (Fsp3) is 0.704. The predicted molar refractivity (Wildman–Crippen MR) is 125 cm³/mol. The summed E-state index contributed by atoms with van der Waals surface area (Å²) in [5, 5.41) is 9.98. The molecule has 3 heteroatoms. The fourth-order valence-corrected chi connectivity index (χ4v) is 5.90. The van der Waals surface area contributed by atoms with Crippen LogP contribution in [0.25, 0.3) is 0 Å². The highest BCUT2D eigenvalue weighted by molar-refractivity contribution is 5.55. The number of methoxy groups -OCH3 is 2. The fourth-order valence-electron chi connectivity index (χ4n) is 5.90. The Morgan fingerprint density at radius 3 is 2.20 bits per heavy atom. The van der Waals surface area contributed by atoms with Crippen molar-refractivity contribution < 1.29 is 14.6 Å². The molecule has 3 nitrogen and oxygen atoms in total. The highest BCUT2D eigenvalue weighted by Crippen LogP contribution is 2.65. The van der Waals surface area contributed by atoms with Crippen LogP contribution in [0.4, 0.5) is 0 Å². The normalized spacial score (nSPS) is 24.8.